The fourth-order valence-corrected chi connectivity index (χ4v) is 4.42. The summed E-state index contributed by atoms with van der Waals surface area (Å²) in [6.45, 7) is 0.755. The molecular formula is C18H15ClN2OS. The number of rotatable bonds is 2. The van der Waals surface area contributed by atoms with E-state index in [1.54, 1.807) is 23.5 Å². The van der Waals surface area contributed by atoms with Crippen LogP contribution in [0.3, 0.4) is 0 Å². The van der Waals surface area contributed by atoms with Crippen LogP contribution >= 0.6 is 22.9 Å². The molecule has 0 bridgehead atoms. The fourth-order valence-electron chi connectivity index (χ4n) is 3.09. The first kappa shape index (κ1) is 14.7. The number of carbonyl (C=O) groups is 1. The molecule has 4 rings (SSSR count). The van der Waals surface area contributed by atoms with Crippen molar-refractivity contribution in [1.29, 1.82) is 0 Å². The van der Waals surface area contributed by atoms with E-state index >= 15 is 0 Å². The van der Waals surface area contributed by atoms with E-state index in [1.807, 2.05) is 35.2 Å². The third-order valence-electron chi connectivity index (χ3n) is 4.21. The Morgan fingerprint density at radius 2 is 1.96 bits per heavy atom. The second-order valence-electron chi connectivity index (χ2n) is 5.66. The maximum atomic E-state index is 12.9. The highest BCUT2D eigenvalue weighted by atomic mass is 35.5. The normalized spacial score (nSPS) is 17.8. The summed E-state index contributed by atoms with van der Waals surface area (Å²) in [6, 6.07) is 15.4. The summed E-state index contributed by atoms with van der Waals surface area (Å²) >= 11 is 7.87. The molecule has 0 saturated carbocycles. The molecule has 1 aromatic heterocycles. The van der Waals surface area contributed by atoms with E-state index in [0.29, 0.717) is 10.6 Å². The van der Waals surface area contributed by atoms with Gasteiger partial charge in [0.1, 0.15) is 5.01 Å². The molecule has 23 heavy (non-hydrogen) atoms. The molecule has 3 aromatic rings. The van der Waals surface area contributed by atoms with Crippen LogP contribution in [-0.2, 0) is 0 Å². The molecule has 1 atom stereocenters. The Hall–Kier alpha value is -1.91. The van der Waals surface area contributed by atoms with Crippen LogP contribution in [0, 0.1) is 0 Å². The lowest BCUT2D eigenvalue weighted by Crippen LogP contribution is -2.30. The number of aromatic nitrogens is 1. The van der Waals surface area contributed by atoms with Crippen molar-refractivity contribution in [2.75, 3.05) is 6.54 Å². The maximum absolute atomic E-state index is 12.9. The molecule has 0 spiro atoms. The predicted molar refractivity (Wildman–Crippen MR) is 94.1 cm³/mol. The zero-order valence-electron chi connectivity index (χ0n) is 12.4. The first-order valence-corrected chi connectivity index (χ1v) is 8.84. The van der Waals surface area contributed by atoms with Gasteiger partial charge >= 0.3 is 0 Å². The van der Waals surface area contributed by atoms with E-state index in [9.17, 15) is 4.79 Å². The minimum absolute atomic E-state index is 0.00245. The van der Waals surface area contributed by atoms with E-state index in [2.05, 4.69) is 6.07 Å². The van der Waals surface area contributed by atoms with Crippen LogP contribution in [0.15, 0.2) is 48.5 Å². The number of benzene rings is 2. The molecule has 1 fully saturated rings. The van der Waals surface area contributed by atoms with E-state index in [4.69, 9.17) is 16.6 Å². The highest BCUT2D eigenvalue weighted by Crippen LogP contribution is 2.37. The topological polar surface area (TPSA) is 33.2 Å². The van der Waals surface area contributed by atoms with E-state index < -0.39 is 0 Å². The minimum Gasteiger partial charge on any atom is -0.329 e. The summed E-state index contributed by atoms with van der Waals surface area (Å²) in [6.07, 6.45) is 1.95. The highest BCUT2D eigenvalue weighted by molar-refractivity contribution is 7.18. The molecule has 0 N–H and O–H groups in total. The van der Waals surface area contributed by atoms with Crippen molar-refractivity contribution in [3.05, 3.63) is 64.1 Å². The van der Waals surface area contributed by atoms with Crippen molar-refractivity contribution < 1.29 is 4.79 Å². The summed E-state index contributed by atoms with van der Waals surface area (Å²) in [5.74, 6) is -0.00245. The molecule has 1 aliphatic heterocycles. The Labute approximate surface area is 143 Å². The summed E-state index contributed by atoms with van der Waals surface area (Å²) in [4.78, 5) is 19.5. The summed E-state index contributed by atoms with van der Waals surface area (Å²) in [5.41, 5.74) is 1.58. The van der Waals surface area contributed by atoms with Gasteiger partial charge in [0.2, 0.25) is 0 Å². The zero-order valence-corrected chi connectivity index (χ0v) is 14.0. The van der Waals surface area contributed by atoms with Crippen LogP contribution in [0.25, 0.3) is 10.2 Å². The number of hydrogen-bond acceptors (Lipinski definition) is 3. The molecule has 1 amide bonds. The Morgan fingerprint density at radius 3 is 2.78 bits per heavy atom. The molecule has 1 unspecified atom stereocenters. The second-order valence-corrected chi connectivity index (χ2v) is 7.13. The van der Waals surface area contributed by atoms with Gasteiger partial charge < -0.3 is 4.90 Å². The number of halogens is 1. The van der Waals surface area contributed by atoms with Gasteiger partial charge in [-0.2, -0.15) is 0 Å². The third-order valence-corrected chi connectivity index (χ3v) is 5.68. The first-order valence-electron chi connectivity index (χ1n) is 7.65. The lowest BCUT2D eigenvalue weighted by molar-refractivity contribution is 0.0736. The number of amides is 1. The largest absolute Gasteiger partial charge is 0.329 e. The van der Waals surface area contributed by atoms with E-state index in [1.165, 1.54) is 4.70 Å². The minimum atomic E-state index is -0.00245. The number of fused-ring (bicyclic) bond motifs is 1. The Balaban J connectivity index is 1.69. The summed E-state index contributed by atoms with van der Waals surface area (Å²) < 4.78 is 1.17. The molecule has 0 aliphatic carbocycles. The number of para-hydroxylation sites is 1. The van der Waals surface area contributed by atoms with Crippen molar-refractivity contribution in [1.82, 2.24) is 9.88 Å². The van der Waals surface area contributed by atoms with E-state index in [0.717, 1.165) is 29.9 Å². The Morgan fingerprint density at radius 1 is 1.17 bits per heavy atom. The lowest BCUT2D eigenvalue weighted by atomic mass is 10.1. The fraction of sp³-hybridized carbons (Fsp3) is 0.222. The molecular weight excluding hydrogens is 328 g/mol. The van der Waals surface area contributed by atoms with Crippen molar-refractivity contribution in [2.24, 2.45) is 0 Å². The number of carbonyl (C=O) groups excluding carboxylic acids is 1. The van der Waals surface area contributed by atoms with Gasteiger partial charge in [0.15, 0.2) is 0 Å². The van der Waals surface area contributed by atoms with Crippen LogP contribution in [-0.4, -0.2) is 22.3 Å². The number of likely N-dealkylation sites (tertiary alicyclic amines) is 1. The molecule has 1 saturated heterocycles. The SMILES string of the molecule is O=C(c1ccccc1Cl)N1CCCC1c1nc2ccccc2s1. The van der Waals surface area contributed by atoms with Gasteiger partial charge in [-0.15, -0.1) is 11.3 Å². The van der Waals surface area contributed by atoms with Crippen molar-refractivity contribution in [2.45, 2.75) is 18.9 Å². The van der Waals surface area contributed by atoms with Crippen LogP contribution in [0.4, 0.5) is 0 Å². The molecule has 1 aliphatic rings. The van der Waals surface area contributed by atoms with Crippen LogP contribution in [0.2, 0.25) is 5.02 Å². The Bertz CT molecular complexity index is 843. The maximum Gasteiger partial charge on any atom is 0.255 e. The molecule has 116 valence electrons. The average molecular weight is 343 g/mol. The van der Waals surface area contributed by atoms with Gasteiger partial charge in [-0.05, 0) is 37.1 Å². The third kappa shape index (κ3) is 2.62. The predicted octanol–water partition coefficient (Wildman–Crippen LogP) is 4.93. The number of nitrogens with zero attached hydrogens (tertiary/aromatic N) is 2. The van der Waals surface area contributed by atoms with Crippen LogP contribution < -0.4 is 0 Å². The van der Waals surface area contributed by atoms with Gasteiger partial charge in [0, 0.05) is 6.54 Å². The van der Waals surface area contributed by atoms with Crippen LogP contribution in [0.1, 0.15) is 34.2 Å². The molecule has 2 aromatic carbocycles. The smallest absolute Gasteiger partial charge is 0.255 e. The number of hydrogen-bond donors (Lipinski definition) is 0. The van der Waals surface area contributed by atoms with Crippen molar-refractivity contribution in [3.63, 3.8) is 0 Å². The van der Waals surface area contributed by atoms with Gasteiger partial charge in [0.25, 0.3) is 5.91 Å². The first-order chi connectivity index (χ1) is 11.2. The summed E-state index contributed by atoms with van der Waals surface area (Å²) in [7, 11) is 0. The zero-order chi connectivity index (χ0) is 15.8. The van der Waals surface area contributed by atoms with Gasteiger partial charge in [-0.1, -0.05) is 35.9 Å². The van der Waals surface area contributed by atoms with Crippen molar-refractivity contribution >= 4 is 39.1 Å². The molecule has 2 heterocycles. The monoisotopic (exact) mass is 342 g/mol. The lowest BCUT2D eigenvalue weighted by Gasteiger charge is -2.23. The quantitative estimate of drug-likeness (QED) is 0.661. The molecule has 5 heteroatoms. The van der Waals surface area contributed by atoms with Gasteiger partial charge in [-0.25, -0.2) is 4.98 Å². The molecule has 0 radical (unpaired) electrons. The highest BCUT2D eigenvalue weighted by Gasteiger charge is 2.33. The van der Waals surface area contributed by atoms with Crippen molar-refractivity contribution in [3.8, 4) is 0 Å². The summed E-state index contributed by atoms with van der Waals surface area (Å²) in [5, 5.41) is 1.52. The number of thiazole rings is 1. The Kier molecular flexibility index (Phi) is 3.79. The average Bonchev–Trinajstić information content (AvgIpc) is 3.21. The second kappa shape index (κ2) is 5.95. The van der Waals surface area contributed by atoms with Gasteiger partial charge in [-0.3, -0.25) is 4.79 Å². The van der Waals surface area contributed by atoms with Gasteiger partial charge in [0.05, 0.1) is 26.8 Å². The van der Waals surface area contributed by atoms with E-state index in [-0.39, 0.29) is 11.9 Å². The van der Waals surface area contributed by atoms with Crippen LogP contribution in [0.5, 0.6) is 0 Å². The standard InChI is InChI=1S/C18H15ClN2OS/c19-13-7-2-1-6-12(13)18(22)21-11-5-9-15(21)17-20-14-8-3-4-10-16(14)23-17/h1-4,6-8,10,15H,5,9,11H2. The molecule has 3 nitrogen and oxygen atoms in total.